The Morgan fingerprint density at radius 2 is 1.67 bits per heavy atom. The summed E-state index contributed by atoms with van der Waals surface area (Å²) in [5, 5.41) is -0.174. The highest BCUT2D eigenvalue weighted by atomic mass is 28.4. The molecule has 0 saturated carbocycles. The molecule has 298 valence electrons. The minimum absolute atomic E-state index is 0.174. The van der Waals surface area contributed by atoms with Gasteiger partial charge in [-0.25, -0.2) is 9.59 Å². The first kappa shape index (κ1) is 43.1. The molecular formula is C43H63NO9Si. The van der Waals surface area contributed by atoms with Crippen LogP contribution >= 0.6 is 0 Å². The van der Waals surface area contributed by atoms with Gasteiger partial charge in [0, 0.05) is 18.5 Å². The predicted molar refractivity (Wildman–Crippen MR) is 216 cm³/mol. The average molecular weight is 766 g/mol. The molecule has 0 bridgehead atoms. The van der Waals surface area contributed by atoms with Gasteiger partial charge in [-0.3, -0.25) is 4.90 Å². The molecule has 1 saturated heterocycles. The van der Waals surface area contributed by atoms with Crippen LogP contribution in [0, 0.1) is 5.92 Å². The lowest BCUT2D eigenvalue weighted by Gasteiger charge is -2.37. The molecule has 0 aliphatic carbocycles. The number of hydrogen-bond acceptors (Lipinski definition) is 9. The van der Waals surface area contributed by atoms with E-state index in [-0.39, 0.29) is 17.1 Å². The lowest BCUT2D eigenvalue weighted by atomic mass is 9.98. The number of ether oxygens (including phenoxy) is 6. The van der Waals surface area contributed by atoms with E-state index in [1.165, 1.54) is 0 Å². The van der Waals surface area contributed by atoms with Crippen molar-refractivity contribution in [3.8, 4) is 11.5 Å². The van der Waals surface area contributed by atoms with Crippen molar-refractivity contribution in [2.45, 2.75) is 143 Å². The largest absolute Gasteiger partial charge is 0.543 e. The van der Waals surface area contributed by atoms with Gasteiger partial charge in [-0.05, 0) is 102 Å². The van der Waals surface area contributed by atoms with Gasteiger partial charge in [-0.15, -0.1) is 0 Å². The van der Waals surface area contributed by atoms with Crippen molar-refractivity contribution in [1.29, 1.82) is 0 Å². The number of cyclic esters (lactones) is 1. The topological polar surface area (TPSA) is 102 Å². The highest BCUT2D eigenvalue weighted by Gasteiger charge is 2.45. The molecule has 0 aromatic heterocycles. The summed E-state index contributed by atoms with van der Waals surface area (Å²) in [5.41, 5.74) is 1.70. The number of benzene rings is 2. The zero-order valence-corrected chi connectivity index (χ0v) is 35.9. The van der Waals surface area contributed by atoms with E-state index in [1.54, 1.807) is 18.1 Å². The molecule has 54 heavy (non-hydrogen) atoms. The Morgan fingerprint density at radius 3 is 2.26 bits per heavy atom. The third kappa shape index (κ3) is 11.0. The van der Waals surface area contributed by atoms with Gasteiger partial charge in [-0.2, -0.15) is 0 Å². The third-order valence-electron chi connectivity index (χ3n) is 10.2. The summed E-state index contributed by atoms with van der Waals surface area (Å²) in [6, 6.07) is 11.4. The Balaban J connectivity index is 1.83. The Morgan fingerprint density at radius 1 is 1.00 bits per heavy atom. The first-order valence-electron chi connectivity index (χ1n) is 19.1. The molecule has 1 unspecified atom stereocenters. The number of rotatable bonds is 8. The van der Waals surface area contributed by atoms with Gasteiger partial charge in [0.05, 0.1) is 25.5 Å². The van der Waals surface area contributed by atoms with Crippen molar-refractivity contribution >= 4 is 32.1 Å². The van der Waals surface area contributed by atoms with Crippen molar-refractivity contribution in [3.63, 3.8) is 0 Å². The minimum atomic E-state index is -2.50. The predicted octanol–water partition coefficient (Wildman–Crippen LogP) is 10.1. The summed E-state index contributed by atoms with van der Waals surface area (Å²) in [7, 11) is -0.855. The zero-order valence-electron chi connectivity index (χ0n) is 34.9. The SMILES string of the molecule is CCN(C(=O)OC(C)(C)C)c1cc2c(c(O[Si](C)(C)C(C)(C)C)c1)C(=O)O[C@@H](C)[C@H](C)/C=C\C(OCc1ccc(OC)cc1)[C@H]1OC(C)(C)O[C@H]1C/C=C/2. The monoisotopic (exact) mass is 765 g/mol. The van der Waals surface area contributed by atoms with Crippen molar-refractivity contribution in [2.24, 2.45) is 5.92 Å². The van der Waals surface area contributed by atoms with Crippen LogP contribution in [0.2, 0.25) is 18.1 Å². The molecule has 2 heterocycles. The van der Waals surface area contributed by atoms with E-state index in [0.29, 0.717) is 42.1 Å². The minimum Gasteiger partial charge on any atom is -0.543 e. The first-order valence-corrected chi connectivity index (χ1v) is 22.0. The molecule has 1 amide bonds. The summed E-state index contributed by atoms with van der Waals surface area (Å²) >= 11 is 0. The zero-order chi connectivity index (χ0) is 40.2. The normalized spacial score (nSPS) is 24.6. The molecular weight excluding hydrogens is 703 g/mol. The summed E-state index contributed by atoms with van der Waals surface area (Å²) < 4.78 is 43.8. The lowest BCUT2D eigenvalue weighted by Crippen LogP contribution is -2.44. The molecule has 11 heteroatoms. The van der Waals surface area contributed by atoms with Gasteiger partial charge in [0.25, 0.3) is 8.32 Å². The average Bonchev–Trinajstić information content (AvgIpc) is 3.36. The second kappa shape index (κ2) is 17.0. The van der Waals surface area contributed by atoms with E-state index in [2.05, 4.69) is 33.9 Å². The maximum atomic E-state index is 14.4. The number of esters is 1. The molecule has 2 aromatic rings. The van der Waals surface area contributed by atoms with Gasteiger partial charge >= 0.3 is 12.1 Å². The standard InChI is InChI=1S/C43H63NO9Si/c1-15-44(40(46)52-41(4,5)6)32-25-31-17-16-18-35-38(51-43(10,11)50-35)34(48-27-30-20-22-33(47-12)23-21-30)24-19-28(2)29(3)49-39(45)37(31)36(26-32)53-54(13,14)42(7,8)9/h16-17,19-26,28-29,34-35,38H,15,18,27H2,1-14H3/b17-16+,24-19-/t28-,29+,34?,35+,38-/m1/s1. The second-order valence-corrected chi connectivity index (χ2v) is 22.0. The molecule has 1 fully saturated rings. The van der Waals surface area contributed by atoms with Crippen LogP contribution in [0.5, 0.6) is 11.5 Å². The van der Waals surface area contributed by atoms with E-state index in [0.717, 1.165) is 11.3 Å². The Kier molecular flexibility index (Phi) is 13.6. The summed E-state index contributed by atoms with van der Waals surface area (Å²) in [6.07, 6.45) is 6.07. The van der Waals surface area contributed by atoms with Crippen LogP contribution in [0.1, 0.15) is 104 Å². The summed E-state index contributed by atoms with van der Waals surface area (Å²) in [5.74, 6) is -0.389. The van der Waals surface area contributed by atoms with Crippen LogP contribution < -0.4 is 14.1 Å². The Labute approximate surface area is 324 Å². The first-order chi connectivity index (χ1) is 25.0. The van der Waals surface area contributed by atoms with Gasteiger partial charge in [0.15, 0.2) is 5.79 Å². The third-order valence-corrected chi connectivity index (χ3v) is 14.5. The van der Waals surface area contributed by atoms with Gasteiger partial charge < -0.3 is 32.8 Å². The quantitative estimate of drug-likeness (QED) is 0.148. The maximum absolute atomic E-state index is 14.4. The van der Waals surface area contributed by atoms with Crippen LogP contribution in [0.25, 0.3) is 6.08 Å². The van der Waals surface area contributed by atoms with Crippen LogP contribution in [-0.4, -0.2) is 69.8 Å². The number of methoxy groups -OCH3 is 1. The molecule has 5 atom stereocenters. The van der Waals surface area contributed by atoms with Crippen molar-refractivity contribution in [2.75, 3.05) is 18.6 Å². The smallest absolute Gasteiger partial charge is 0.414 e. The molecule has 10 nitrogen and oxygen atoms in total. The summed E-state index contributed by atoms with van der Waals surface area (Å²) in [4.78, 5) is 29.5. The number of hydrogen-bond donors (Lipinski definition) is 0. The van der Waals surface area contributed by atoms with E-state index >= 15 is 0 Å². The molecule has 0 radical (unpaired) electrons. The molecule has 2 aliphatic rings. The number of nitrogens with zero attached hydrogens (tertiary/aromatic N) is 1. The Bertz CT molecular complexity index is 1670. The van der Waals surface area contributed by atoms with Crippen LogP contribution in [0.15, 0.2) is 54.6 Å². The van der Waals surface area contributed by atoms with Gasteiger partial charge in [0.1, 0.15) is 41.0 Å². The molecule has 0 spiro atoms. The van der Waals surface area contributed by atoms with E-state index in [1.807, 2.05) is 110 Å². The maximum Gasteiger partial charge on any atom is 0.414 e. The Hall–Kier alpha value is -3.64. The molecule has 2 aliphatic heterocycles. The number of amides is 1. The number of fused-ring (bicyclic) bond motifs is 2. The van der Waals surface area contributed by atoms with E-state index in [4.69, 9.17) is 32.8 Å². The molecule has 4 rings (SSSR count). The van der Waals surface area contributed by atoms with Gasteiger partial charge in [-0.1, -0.05) is 64.1 Å². The van der Waals surface area contributed by atoms with Crippen LogP contribution in [0.3, 0.4) is 0 Å². The van der Waals surface area contributed by atoms with Crippen LogP contribution in [-0.2, 0) is 30.3 Å². The fourth-order valence-electron chi connectivity index (χ4n) is 5.97. The van der Waals surface area contributed by atoms with Crippen molar-refractivity contribution in [3.05, 3.63) is 71.3 Å². The van der Waals surface area contributed by atoms with Gasteiger partial charge in [0.2, 0.25) is 0 Å². The molecule has 2 aromatic carbocycles. The number of carbonyl (C=O) groups excluding carboxylic acids is 2. The second-order valence-electron chi connectivity index (χ2n) is 17.2. The molecule has 0 N–H and O–H groups in total. The highest BCUT2D eigenvalue weighted by molar-refractivity contribution is 6.74. The van der Waals surface area contributed by atoms with Crippen molar-refractivity contribution in [1.82, 2.24) is 0 Å². The highest BCUT2D eigenvalue weighted by Crippen LogP contribution is 2.41. The lowest BCUT2D eigenvalue weighted by molar-refractivity contribution is -0.156. The van der Waals surface area contributed by atoms with E-state index in [9.17, 15) is 9.59 Å². The number of anilines is 1. The van der Waals surface area contributed by atoms with Crippen molar-refractivity contribution < 1.29 is 42.4 Å². The fraction of sp³-hybridized carbons (Fsp3) is 0.581. The van der Waals surface area contributed by atoms with Crippen LogP contribution in [0.4, 0.5) is 10.5 Å². The fourth-order valence-corrected chi connectivity index (χ4v) is 6.99. The number of carbonyl (C=O) groups is 2. The summed E-state index contributed by atoms with van der Waals surface area (Å²) in [6.45, 7) is 26.5. The van der Waals surface area contributed by atoms with E-state index < -0.39 is 50.1 Å².